The van der Waals surface area contributed by atoms with E-state index in [-0.39, 0.29) is 10.0 Å². The minimum absolute atomic E-state index is 0.0975. The van der Waals surface area contributed by atoms with Gasteiger partial charge < -0.3 is 9.88 Å². The number of fused-ring (bicyclic) bond motifs is 1. The van der Waals surface area contributed by atoms with Gasteiger partial charge in [-0.2, -0.15) is 0 Å². The van der Waals surface area contributed by atoms with Crippen LogP contribution in [-0.4, -0.2) is 15.5 Å². The van der Waals surface area contributed by atoms with Crippen molar-refractivity contribution in [1.29, 1.82) is 0 Å². The van der Waals surface area contributed by atoms with Crippen molar-refractivity contribution >= 4 is 38.6 Å². The number of imidazole rings is 1. The van der Waals surface area contributed by atoms with Crippen molar-refractivity contribution in [2.75, 3.05) is 5.32 Å². The Bertz CT molecular complexity index is 892. The molecule has 1 aromatic heterocycles. The van der Waals surface area contributed by atoms with Gasteiger partial charge in [0.15, 0.2) is 0 Å². The van der Waals surface area contributed by atoms with Crippen molar-refractivity contribution < 1.29 is 13.6 Å². The highest BCUT2D eigenvalue weighted by atomic mass is 79.9. The van der Waals surface area contributed by atoms with Gasteiger partial charge in [-0.25, -0.2) is 13.8 Å². The van der Waals surface area contributed by atoms with Crippen LogP contribution in [0.25, 0.3) is 11.0 Å². The Morgan fingerprint density at radius 2 is 2.05 bits per heavy atom. The zero-order valence-electron chi connectivity index (χ0n) is 11.4. The number of benzene rings is 2. The number of nitrogens with zero attached hydrogens (tertiary/aromatic N) is 2. The van der Waals surface area contributed by atoms with Crippen molar-refractivity contribution in [2.45, 2.75) is 0 Å². The standard InChI is InChI=1S/C15H10BrF2N3O/c1-21-7-19-12-3-2-9(6-13(12)21)20-15(22)10-4-8(17)5-11(16)14(10)18/h2-7H,1H3,(H,20,22). The Morgan fingerprint density at radius 1 is 1.27 bits per heavy atom. The molecule has 0 aliphatic carbocycles. The first-order valence-electron chi connectivity index (χ1n) is 6.32. The van der Waals surface area contributed by atoms with Crippen LogP contribution in [-0.2, 0) is 7.05 Å². The number of carbonyl (C=O) groups is 1. The third kappa shape index (κ3) is 2.59. The fraction of sp³-hybridized carbons (Fsp3) is 0.0667. The molecule has 0 saturated carbocycles. The second-order valence-corrected chi connectivity index (χ2v) is 5.62. The Kier molecular flexibility index (Phi) is 3.66. The van der Waals surface area contributed by atoms with Gasteiger partial charge in [0.2, 0.25) is 0 Å². The molecule has 22 heavy (non-hydrogen) atoms. The maximum absolute atomic E-state index is 13.9. The molecule has 1 amide bonds. The molecule has 0 saturated heterocycles. The Hall–Kier alpha value is -2.28. The molecule has 7 heteroatoms. The van der Waals surface area contributed by atoms with Gasteiger partial charge in [-0.3, -0.25) is 4.79 Å². The first-order valence-corrected chi connectivity index (χ1v) is 7.12. The lowest BCUT2D eigenvalue weighted by molar-refractivity contribution is 0.102. The van der Waals surface area contributed by atoms with E-state index in [1.165, 1.54) is 0 Å². The monoisotopic (exact) mass is 365 g/mol. The topological polar surface area (TPSA) is 46.9 Å². The Morgan fingerprint density at radius 3 is 2.82 bits per heavy atom. The molecule has 1 N–H and O–H groups in total. The molecule has 4 nitrogen and oxygen atoms in total. The van der Waals surface area contributed by atoms with Crippen LogP contribution in [0.4, 0.5) is 14.5 Å². The van der Waals surface area contributed by atoms with Crippen molar-refractivity contribution in [3.8, 4) is 0 Å². The smallest absolute Gasteiger partial charge is 0.258 e. The number of aryl methyl sites for hydroxylation is 1. The van der Waals surface area contributed by atoms with Crippen LogP contribution >= 0.6 is 15.9 Å². The van der Waals surface area contributed by atoms with E-state index in [0.29, 0.717) is 5.69 Å². The number of halogens is 3. The fourth-order valence-electron chi connectivity index (χ4n) is 2.12. The summed E-state index contributed by atoms with van der Waals surface area (Å²) in [5.74, 6) is -2.22. The van der Waals surface area contributed by atoms with E-state index in [1.807, 2.05) is 7.05 Å². The molecule has 2 aromatic carbocycles. The SMILES string of the molecule is Cn1cnc2ccc(NC(=O)c3cc(F)cc(Br)c3F)cc21. The molecule has 0 atom stereocenters. The summed E-state index contributed by atoms with van der Waals surface area (Å²) in [6.45, 7) is 0. The predicted molar refractivity (Wildman–Crippen MR) is 82.7 cm³/mol. The molecule has 3 aromatic rings. The summed E-state index contributed by atoms with van der Waals surface area (Å²) < 4.78 is 29.0. The van der Waals surface area contributed by atoms with Gasteiger partial charge in [0, 0.05) is 12.7 Å². The van der Waals surface area contributed by atoms with Crippen molar-refractivity contribution in [3.63, 3.8) is 0 Å². The van der Waals surface area contributed by atoms with Crippen molar-refractivity contribution in [3.05, 3.63) is 58.3 Å². The normalized spacial score (nSPS) is 10.9. The van der Waals surface area contributed by atoms with Crippen LogP contribution in [0.2, 0.25) is 0 Å². The second-order valence-electron chi connectivity index (χ2n) is 4.76. The second kappa shape index (κ2) is 5.49. The molecule has 0 radical (unpaired) electrons. The van der Waals surface area contributed by atoms with E-state index < -0.39 is 17.5 Å². The van der Waals surface area contributed by atoms with Gasteiger partial charge >= 0.3 is 0 Å². The largest absolute Gasteiger partial charge is 0.334 e. The molecule has 0 spiro atoms. The average Bonchev–Trinajstić information content (AvgIpc) is 2.84. The van der Waals surface area contributed by atoms with Gasteiger partial charge in [-0.1, -0.05) is 0 Å². The summed E-state index contributed by atoms with van der Waals surface area (Å²) in [4.78, 5) is 16.3. The lowest BCUT2D eigenvalue weighted by Gasteiger charge is -2.08. The van der Waals surface area contributed by atoms with Crippen LogP contribution in [0.5, 0.6) is 0 Å². The van der Waals surface area contributed by atoms with E-state index in [2.05, 4.69) is 26.2 Å². The zero-order valence-corrected chi connectivity index (χ0v) is 13.0. The van der Waals surface area contributed by atoms with Gasteiger partial charge in [0.1, 0.15) is 11.6 Å². The van der Waals surface area contributed by atoms with Gasteiger partial charge in [0.05, 0.1) is 27.4 Å². The molecule has 0 fully saturated rings. The van der Waals surface area contributed by atoms with Gasteiger partial charge in [-0.05, 0) is 46.3 Å². The number of aromatic nitrogens is 2. The van der Waals surface area contributed by atoms with Crippen LogP contribution in [0.15, 0.2) is 41.1 Å². The molecular weight excluding hydrogens is 356 g/mol. The quantitative estimate of drug-likeness (QED) is 0.700. The maximum Gasteiger partial charge on any atom is 0.258 e. The lowest BCUT2D eigenvalue weighted by Crippen LogP contribution is -2.14. The first-order chi connectivity index (χ1) is 10.5. The summed E-state index contributed by atoms with van der Waals surface area (Å²) in [6, 6.07) is 6.93. The highest BCUT2D eigenvalue weighted by molar-refractivity contribution is 9.10. The number of carbonyl (C=O) groups excluding carboxylic acids is 1. The van der Waals surface area contributed by atoms with Crippen LogP contribution in [0.3, 0.4) is 0 Å². The summed E-state index contributed by atoms with van der Waals surface area (Å²) in [5.41, 5.74) is 1.71. The van der Waals surface area contributed by atoms with E-state index in [0.717, 1.165) is 23.2 Å². The predicted octanol–water partition coefficient (Wildman–Crippen LogP) is 3.87. The minimum atomic E-state index is -0.805. The van der Waals surface area contributed by atoms with Gasteiger partial charge in [0.25, 0.3) is 5.91 Å². The summed E-state index contributed by atoms with van der Waals surface area (Å²) in [5, 5.41) is 2.56. The minimum Gasteiger partial charge on any atom is -0.334 e. The van der Waals surface area contributed by atoms with Crippen molar-refractivity contribution in [2.24, 2.45) is 7.05 Å². The molecule has 0 bridgehead atoms. The fourth-order valence-corrected chi connectivity index (χ4v) is 2.56. The third-order valence-corrected chi connectivity index (χ3v) is 3.80. The molecule has 0 aliphatic heterocycles. The third-order valence-electron chi connectivity index (χ3n) is 3.22. The lowest BCUT2D eigenvalue weighted by atomic mass is 10.2. The zero-order chi connectivity index (χ0) is 15.9. The number of hydrogen-bond donors (Lipinski definition) is 1. The van der Waals surface area contributed by atoms with E-state index in [9.17, 15) is 13.6 Å². The van der Waals surface area contributed by atoms with E-state index >= 15 is 0 Å². The Balaban J connectivity index is 1.94. The summed E-state index contributed by atoms with van der Waals surface area (Å²) in [6.07, 6.45) is 1.65. The number of hydrogen-bond acceptors (Lipinski definition) is 2. The molecule has 0 unspecified atom stereocenters. The average molecular weight is 366 g/mol. The van der Waals surface area contributed by atoms with Gasteiger partial charge in [-0.15, -0.1) is 0 Å². The molecule has 1 heterocycles. The molecule has 3 rings (SSSR count). The summed E-state index contributed by atoms with van der Waals surface area (Å²) >= 11 is 2.88. The maximum atomic E-state index is 13.9. The number of nitrogens with one attached hydrogen (secondary N) is 1. The number of anilines is 1. The molecule has 112 valence electrons. The van der Waals surface area contributed by atoms with Crippen molar-refractivity contribution in [1.82, 2.24) is 9.55 Å². The highest BCUT2D eigenvalue weighted by Gasteiger charge is 2.16. The van der Waals surface area contributed by atoms with E-state index in [4.69, 9.17) is 0 Å². The molecular formula is C15H10BrF2N3O. The van der Waals surface area contributed by atoms with E-state index in [1.54, 1.807) is 29.1 Å². The van der Waals surface area contributed by atoms with Crippen LogP contribution in [0.1, 0.15) is 10.4 Å². The van der Waals surface area contributed by atoms with Crippen LogP contribution in [0, 0.1) is 11.6 Å². The van der Waals surface area contributed by atoms with Crippen LogP contribution < -0.4 is 5.32 Å². The highest BCUT2D eigenvalue weighted by Crippen LogP contribution is 2.23. The first kappa shape index (κ1) is 14.6. The number of amides is 1. The number of rotatable bonds is 2. The summed E-state index contributed by atoms with van der Waals surface area (Å²) in [7, 11) is 1.82. The Labute approximate surface area is 132 Å². The molecule has 0 aliphatic rings.